The second-order valence-corrected chi connectivity index (χ2v) is 8.03. The number of rotatable bonds is 4. The summed E-state index contributed by atoms with van der Waals surface area (Å²) in [5.41, 5.74) is 6.99. The first-order valence-electron chi connectivity index (χ1n) is 10.1. The van der Waals surface area contributed by atoms with E-state index < -0.39 is 5.82 Å². The van der Waals surface area contributed by atoms with Crippen LogP contribution >= 0.6 is 11.6 Å². The molecule has 3 aromatic carbocycles. The summed E-state index contributed by atoms with van der Waals surface area (Å²) in [4.78, 5) is 16.2. The van der Waals surface area contributed by atoms with Crippen LogP contribution in [0.25, 0.3) is 22.0 Å². The molecule has 0 aliphatic carbocycles. The summed E-state index contributed by atoms with van der Waals surface area (Å²) in [5.74, 6) is -0.259. The topological polar surface area (TPSA) is 66.5 Å². The van der Waals surface area contributed by atoms with Crippen molar-refractivity contribution in [1.82, 2.24) is 10.4 Å². The van der Waals surface area contributed by atoms with Gasteiger partial charge >= 0.3 is 0 Å². The maximum Gasteiger partial charge on any atom is 0.258 e. The molecule has 2 N–H and O–H groups in total. The summed E-state index contributed by atoms with van der Waals surface area (Å²) >= 11 is 6.29. The molecule has 5 rings (SSSR count). The van der Waals surface area contributed by atoms with Gasteiger partial charge in [-0.3, -0.25) is 4.79 Å². The summed E-state index contributed by atoms with van der Waals surface area (Å²) in [7, 11) is 1.43. The summed E-state index contributed by atoms with van der Waals surface area (Å²) in [6.07, 6.45) is 0.431. The zero-order valence-electron chi connectivity index (χ0n) is 17.2. The number of fused-ring (bicyclic) bond motifs is 1. The highest BCUT2D eigenvalue weighted by Gasteiger charge is 2.27. The normalized spacial score (nSPS) is 15.5. The fraction of sp³-hybridized carbons (Fsp3) is 0.120. The van der Waals surface area contributed by atoms with Crippen molar-refractivity contribution >= 4 is 28.2 Å². The highest BCUT2D eigenvalue weighted by atomic mass is 35.5. The zero-order valence-corrected chi connectivity index (χ0v) is 17.9. The van der Waals surface area contributed by atoms with Crippen molar-refractivity contribution in [2.45, 2.75) is 12.5 Å². The number of H-pyrrole nitrogens is 1. The lowest BCUT2D eigenvalue weighted by molar-refractivity contribution is 0.385. The maximum absolute atomic E-state index is 14.2. The molecule has 0 amide bonds. The number of hydrogen-bond acceptors (Lipinski definition) is 4. The van der Waals surface area contributed by atoms with Crippen LogP contribution < -0.4 is 15.7 Å². The van der Waals surface area contributed by atoms with Crippen LogP contribution in [0.15, 0.2) is 76.6 Å². The lowest BCUT2D eigenvalue weighted by atomic mass is 9.91. The highest BCUT2D eigenvalue weighted by Crippen LogP contribution is 2.34. The van der Waals surface area contributed by atoms with Gasteiger partial charge in [-0.2, -0.15) is 5.10 Å². The Morgan fingerprint density at radius 1 is 1.06 bits per heavy atom. The summed E-state index contributed by atoms with van der Waals surface area (Å²) < 4.78 is 19.2. The number of methoxy groups -OCH3 is 1. The minimum absolute atomic E-state index is 0.183. The molecule has 32 heavy (non-hydrogen) atoms. The highest BCUT2D eigenvalue weighted by molar-refractivity contribution is 6.31. The molecule has 0 fully saturated rings. The van der Waals surface area contributed by atoms with E-state index in [9.17, 15) is 9.18 Å². The zero-order chi connectivity index (χ0) is 22.2. The second kappa shape index (κ2) is 8.13. The van der Waals surface area contributed by atoms with Gasteiger partial charge in [-0.15, -0.1) is 0 Å². The van der Waals surface area contributed by atoms with Gasteiger partial charge in [-0.25, -0.2) is 4.39 Å². The fourth-order valence-corrected chi connectivity index (χ4v) is 4.31. The predicted molar refractivity (Wildman–Crippen MR) is 125 cm³/mol. The molecule has 0 radical (unpaired) electrons. The first-order valence-corrected chi connectivity index (χ1v) is 10.5. The minimum Gasteiger partial charge on any atom is -0.494 e. The Balaban J connectivity index is 1.63. The van der Waals surface area contributed by atoms with Crippen LogP contribution in [0, 0.1) is 5.82 Å². The van der Waals surface area contributed by atoms with Crippen molar-refractivity contribution in [3.05, 3.63) is 99.1 Å². The predicted octanol–water partition coefficient (Wildman–Crippen LogP) is 5.43. The molecule has 0 saturated carbocycles. The number of aromatic nitrogens is 1. The Morgan fingerprint density at radius 3 is 2.62 bits per heavy atom. The largest absolute Gasteiger partial charge is 0.494 e. The molecular formula is C25H19ClFN3O2. The van der Waals surface area contributed by atoms with E-state index in [4.69, 9.17) is 16.3 Å². The Bertz CT molecular complexity index is 1420. The second-order valence-electron chi connectivity index (χ2n) is 7.60. The molecule has 1 aliphatic rings. The van der Waals surface area contributed by atoms with E-state index in [1.807, 2.05) is 36.4 Å². The Hall–Kier alpha value is -3.64. The van der Waals surface area contributed by atoms with E-state index in [1.165, 1.54) is 13.2 Å². The molecule has 1 unspecified atom stereocenters. The molecule has 4 aromatic rings. The number of nitrogens with zero attached hydrogens (tertiary/aromatic N) is 1. The van der Waals surface area contributed by atoms with E-state index in [2.05, 4.69) is 15.5 Å². The lowest BCUT2D eigenvalue weighted by Gasteiger charge is -2.14. The number of hydrogen-bond donors (Lipinski definition) is 2. The number of ether oxygens (including phenoxy) is 1. The van der Waals surface area contributed by atoms with Gasteiger partial charge in [0, 0.05) is 27.9 Å². The van der Waals surface area contributed by atoms with Crippen LogP contribution in [-0.2, 0) is 0 Å². The monoisotopic (exact) mass is 447 g/mol. The number of halogens is 2. The first kappa shape index (κ1) is 20.3. The van der Waals surface area contributed by atoms with Gasteiger partial charge in [-0.05, 0) is 41.5 Å². The van der Waals surface area contributed by atoms with E-state index in [1.54, 1.807) is 24.3 Å². The summed E-state index contributed by atoms with van der Waals surface area (Å²) in [5, 5.41) is 5.88. The van der Waals surface area contributed by atoms with E-state index >= 15 is 0 Å². The van der Waals surface area contributed by atoms with Crippen molar-refractivity contribution in [1.29, 1.82) is 0 Å². The van der Waals surface area contributed by atoms with Gasteiger partial charge in [0.25, 0.3) is 5.56 Å². The maximum atomic E-state index is 14.2. The molecule has 7 heteroatoms. The van der Waals surface area contributed by atoms with Gasteiger partial charge in [0.2, 0.25) is 0 Å². The van der Waals surface area contributed by atoms with Gasteiger partial charge in [-0.1, -0.05) is 48.0 Å². The molecule has 160 valence electrons. The fourth-order valence-electron chi connectivity index (χ4n) is 4.14. The third-order valence-corrected chi connectivity index (χ3v) is 5.89. The number of pyridine rings is 1. The quantitative estimate of drug-likeness (QED) is 0.438. The van der Waals surface area contributed by atoms with Crippen LogP contribution in [0.1, 0.15) is 23.6 Å². The summed E-state index contributed by atoms with van der Waals surface area (Å²) in [6.45, 7) is 0. The molecule has 1 aliphatic heterocycles. The van der Waals surface area contributed by atoms with Crippen LogP contribution in [0.2, 0.25) is 5.02 Å². The van der Waals surface area contributed by atoms with E-state index in [0.29, 0.717) is 28.2 Å². The molecule has 1 aromatic heterocycles. The van der Waals surface area contributed by atoms with Gasteiger partial charge in [0.05, 0.1) is 24.4 Å². The van der Waals surface area contributed by atoms with Crippen LogP contribution in [0.4, 0.5) is 4.39 Å². The van der Waals surface area contributed by atoms with Crippen molar-refractivity contribution in [2.24, 2.45) is 5.10 Å². The molecule has 0 spiro atoms. The Kier molecular flexibility index (Phi) is 5.15. The van der Waals surface area contributed by atoms with Gasteiger partial charge < -0.3 is 15.1 Å². The smallest absolute Gasteiger partial charge is 0.258 e. The number of benzene rings is 3. The van der Waals surface area contributed by atoms with Crippen molar-refractivity contribution in [2.75, 3.05) is 7.11 Å². The van der Waals surface area contributed by atoms with Gasteiger partial charge in [0.15, 0.2) is 11.6 Å². The third-order valence-electron chi connectivity index (χ3n) is 5.66. The number of hydrazone groups is 1. The van der Waals surface area contributed by atoms with E-state index in [0.717, 1.165) is 22.1 Å². The molecule has 0 bridgehead atoms. The third kappa shape index (κ3) is 3.52. The summed E-state index contributed by atoms with van der Waals surface area (Å²) in [6, 6.07) is 19.6. The molecular weight excluding hydrogens is 429 g/mol. The molecule has 1 atom stereocenters. The van der Waals surface area contributed by atoms with Gasteiger partial charge in [0.1, 0.15) is 0 Å². The van der Waals surface area contributed by atoms with Crippen molar-refractivity contribution in [3.63, 3.8) is 0 Å². The average Bonchev–Trinajstić information content (AvgIpc) is 3.29. The lowest BCUT2D eigenvalue weighted by Crippen LogP contribution is -2.20. The average molecular weight is 448 g/mol. The Morgan fingerprint density at radius 2 is 1.88 bits per heavy atom. The molecule has 5 nitrogen and oxygen atoms in total. The minimum atomic E-state index is -0.441. The standard InChI is InChI=1S/C25H19ClFN3O2/c1-32-22-10-7-15(11-18(22)27)20-13-21(30-29-20)24-23(14-5-3-2-4-6-14)17-12-16(26)8-9-19(17)28-25(24)31/h2-12,20,29H,13H2,1H3,(H,28,31). The van der Waals surface area contributed by atoms with Crippen molar-refractivity contribution in [3.8, 4) is 16.9 Å². The Labute approximate surface area is 188 Å². The molecule has 2 heterocycles. The van der Waals surface area contributed by atoms with Crippen LogP contribution in [0.3, 0.4) is 0 Å². The number of nitrogens with one attached hydrogen (secondary N) is 2. The van der Waals surface area contributed by atoms with E-state index in [-0.39, 0.29) is 17.4 Å². The van der Waals surface area contributed by atoms with Crippen LogP contribution in [-0.4, -0.2) is 17.8 Å². The molecule has 0 saturated heterocycles. The first-order chi connectivity index (χ1) is 15.5. The number of aromatic amines is 1. The SMILES string of the molecule is COc1ccc(C2CC(c3c(-c4ccccc4)c4cc(Cl)ccc4[nH]c3=O)=NN2)cc1F. The van der Waals surface area contributed by atoms with Crippen molar-refractivity contribution < 1.29 is 9.13 Å². The van der Waals surface area contributed by atoms with Crippen LogP contribution in [0.5, 0.6) is 5.75 Å².